The van der Waals surface area contributed by atoms with Crippen molar-refractivity contribution in [3.8, 4) is 0 Å². The number of aromatic nitrogens is 2. The molecule has 1 atom stereocenters. The van der Waals surface area contributed by atoms with E-state index in [-0.39, 0.29) is 17.9 Å². The quantitative estimate of drug-likeness (QED) is 0.764. The van der Waals surface area contributed by atoms with Crippen molar-refractivity contribution in [1.82, 2.24) is 9.78 Å². The van der Waals surface area contributed by atoms with E-state index >= 15 is 0 Å². The fraction of sp³-hybridized carbons (Fsp3) is 0.333. The molecule has 1 unspecified atom stereocenters. The zero-order valence-electron chi connectivity index (χ0n) is 12.8. The van der Waals surface area contributed by atoms with Crippen molar-refractivity contribution in [3.63, 3.8) is 0 Å². The molecule has 4 nitrogen and oxygen atoms in total. The highest BCUT2D eigenvalue weighted by Crippen LogP contribution is 2.28. The Balaban J connectivity index is 2.08. The van der Waals surface area contributed by atoms with Gasteiger partial charge in [-0.3, -0.25) is 9.48 Å². The van der Waals surface area contributed by atoms with Gasteiger partial charge in [0.2, 0.25) is 5.91 Å². The van der Waals surface area contributed by atoms with Crippen LogP contribution in [0, 0.1) is 18.7 Å². The highest BCUT2D eigenvalue weighted by Gasteiger charge is 2.34. The van der Waals surface area contributed by atoms with E-state index in [0.717, 1.165) is 10.7 Å². The molecule has 0 aliphatic heterocycles. The third-order valence-electron chi connectivity index (χ3n) is 3.36. The van der Waals surface area contributed by atoms with Crippen LogP contribution in [0.1, 0.15) is 18.3 Å². The minimum absolute atomic E-state index is 0.00298. The number of benzene rings is 1. The molecule has 1 amide bonds. The van der Waals surface area contributed by atoms with Crippen LogP contribution in [0.25, 0.3) is 0 Å². The second kappa shape index (κ2) is 6.92. The fourth-order valence-corrected chi connectivity index (χ4v) is 2.36. The molecule has 0 spiro atoms. The Morgan fingerprint density at radius 2 is 2.04 bits per heavy atom. The minimum atomic E-state index is -4.54. The van der Waals surface area contributed by atoms with Gasteiger partial charge in [0.25, 0.3) is 0 Å². The summed E-state index contributed by atoms with van der Waals surface area (Å²) in [5.41, 5.74) is -0.716. The van der Waals surface area contributed by atoms with Crippen molar-refractivity contribution < 1.29 is 22.4 Å². The van der Waals surface area contributed by atoms with E-state index in [9.17, 15) is 22.4 Å². The number of amides is 1. The molecule has 130 valence electrons. The molecule has 9 heteroatoms. The predicted octanol–water partition coefficient (Wildman–Crippen LogP) is 4.39. The molecule has 2 aromatic rings. The molecule has 24 heavy (non-hydrogen) atoms. The number of halogens is 5. The first kappa shape index (κ1) is 18.4. The number of hydrogen-bond donors (Lipinski definition) is 1. The van der Waals surface area contributed by atoms with Gasteiger partial charge in [0, 0.05) is 10.2 Å². The molecular formula is C15H14BrF4N3O. The van der Waals surface area contributed by atoms with Crippen LogP contribution in [0.3, 0.4) is 0 Å². The monoisotopic (exact) mass is 407 g/mol. The van der Waals surface area contributed by atoms with E-state index in [1.807, 2.05) is 0 Å². The van der Waals surface area contributed by atoms with Crippen molar-refractivity contribution in [2.75, 3.05) is 5.32 Å². The lowest BCUT2D eigenvalue weighted by Gasteiger charge is -2.14. The summed E-state index contributed by atoms with van der Waals surface area (Å²) in [4.78, 5) is 12.1. The molecule has 1 aromatic heterocycles. The standard InChI is InChI=1S/C15H14BrF4N3O/c1-8(7-23-9(2)5-13(22-23)15(18,19)20)14(24)21-12-4-3-10(16)6-11(12)17/h3-6,8H,7H2,1-2H3,(H,21,24). The Bertz CT molecular complexity index is 758. The molecule has 0 radical (unpaired) electrons. The maximum absolute atomic E-state index is 13.7. The Labute approximate surface area is 144 Å². The van der Waals surface area contributed by atoms with Gasteiger partial charge in [-0.2, -0.15) is 18.3 Å². The Hall–Kier alpha value is -1.90. The number of nitrogens with zero attached hydrogens (tertiary/aromatic N) is 2. The highest BCUT2D eigenvalue weighted by molar-refractivity contribution is 9.10. The lowest BCUT2D eigenvalue weighted by molar-refractivity contribution is -0.141. The first-order chi connectivity index (χ1) is 11.1. The van der Waals surface area contributed by atoms with E-state index in [1.54, 1.807) is 6.07 Å². The zero-order chi connectivity index (χ0) is 18.1. The normalized spacial score (nSPS) is 13.0. The number of carbonyl (C=O) groups is 1. The molecule has 0 fully saturated rings. The molecule has 1 heterocycles. The van der Waals surface area contributed by atoms with Crippen LogP contribution in [-0.2, 0) is 17.5 Å². The van der Waals surface area contributed by atoms with Crippen molar-refractivity contribution >= 4 is 27.5 Å². The maximum Gasteiger partial charge on any atom is 0.435 e. The fourth-order valence-electron chi connectivity index (χ4n) is 2.02. The summed E-state index contributed by atoms with van der Waals surface area (Å²) in [7, 11) is 0. The van der Waals surface area contributed by atoms with Gasteiger partial charge < -0.3 is 5.32 Å². The summed E-state index contributed by atoms with van der Waals surface area (Å²) < 4.78 is 53.3. The van der Waals surface area contributed by atoms with Gasteiger partial charge in [0.05, 0.1) is 18.2 Å². The van der Waals surface area contributed by atoms with E-state index in [1.165, 1.54) is 26.0 Å². The molecule has 1 aromatic carbocycles. The lowest BCUT2D eigenvalue weighted by Crippen LogP contribution is -2.25. The van der Waals surface area contributed by atoms with Crippen molar-refractivity contribution in [2.24, 2.45) is 5.92 Å². The third-order valence-corrected chi connectivity index (χ3v) is 3.85. The molecular weight excluding hydrogens is 394 g/mol. The van der Waals surface area contributed by atoms with Crippen molar-refractivity contribution in [3.05, 3.63) is 45.9 Å². The molecule has 0 bridgehead atoms. The number of aryl methyl sites for hydroxylation is 1. The number of hydrogen-bond acceptors (Lipinski definition) is 2. The molecule has 0 saturated heterocycles. The number of nitrogens with one attached hydrogen (secondary N) is 1. The Morgan fingerprint density at radius 1 is 1.38 bits per heavy atom. The molecule has 2 rings (SSSR count). The smallest absolute Gasteiger partial charge is 0.323 e. The van der Waals surface area contributed by atoms with Crippen molar-refractivity contribution in [2.45, 2.75) is 26.6 Å². The SMILES string of the molecule is Cc1cc(C(F)(F)F)nn1CC(C)C(=O)Nc1ccc(Br)cc1F. The summed E-state index contributed by atoms with van der Waals surface area (Å²) in [6, 6.07) is 5.08. The second-order valence-electron chi connectivity index (χ2n) is 5.37. The largest absolute Gasteiger partial charge is 0.435 e. The van der Waals surface area contributed by atoms with E-state index in [2.05, 4.69) is 26.3 Å². The minimum Gasteiger partial charge on any atom is -0.323 e. The zero-order valence-corrected chi connectivity index (χ0v) is 14.4. The van der Waals surface area contributed by atoms with Crippen LogP contribution in [0.15, 0.2) is 28.7 Å². The topological polar surface area (TPSA) is 46.9 Å². The van der Waals surface area contributed by atoms with Gasteiger partial charge in [0.1, 0.15) is 5.82 Å². The first-order valence-electron chi connectivity index (χ1n) is 6.95. The average molecular weight is 408 g/mol. The molecule has 0 aliphatic rings. The number of anilines is 1. The molecule has 0 saturated carbocycles. The van der Waals surface area contributed by atoms with E-state index in [0.29, 0.717) is 4.47 Å². The van der Waals surface area contributed by atoms with Crippen molar-refractivity contribution in [1.29, 1.82) is 0 Å². The van der Waals surface area contributed by atoms with Crippen LogP contribution in [0.2, 0.25) is 0 Å². The first-order valence-corrected chi connectivity index (χ1v) is 7.75. The van der Waals surface area contributed by atoms with Gasteiger partial charge in [-0.15, -0.1) is 0 Å². The summed E-state index contributed by atoms with van der Waals surface area (Å²) in [6.07, 6.45) is -4.54. The maximum atomic E-state index is 13.7. The van der Waals surface area contributed by atoms with Gasteiger partial charge in [0.15, 0.2) is 5.69 Å². The lowest BCUT2D eigenvalue weighted by atomic mass is 10.1. The summed E-state index contributed by atoms with van der Waals surface area (Å²) in [5, 5.41) is 5.89. The van der Waals surface area contributed by atoms with Gasteiger partial charge in [-0.1, -0.05) is 22.9 Å². The Kier molecular flexibility index (Phi) is 5.32. The third kappa shape index (κ3) is 4.34. The molecule has 1 N–H and O–H groups in total. The van der Waals surface area contributed by atoms with Gasteiger partial charge in [-0.05, 0) is 31.2 Å². The Morgan fingerprint density at radius 3 is 2.58 bits per heavy atom. The second-order valence-corrected chi connectivity index (χ2v) is 6.28. The van der Waals surface area contributed by atoms with Crippen LogP contribution in [0.4, 0.5) is 23.2 Å². The predicted molar refractivity (Wildman–Crippen MR) is 83.9 cm³/mol. The molecule has 0 aliphatic carbocycles. The highest BCUT2D eigenvalue weighted by atomic mass is 79.9. The van der Waals surface area contributed by atoms with Gasteiger partial charge in [-0.25, -0.2) is 4.39 Å². The summed E-state index contributed by atoms with van der Waals surface area (Å²) in [6.45, 7) is 2.95. The van der Waals surface area contributed by atoms with E-state index in [4.69, 9.17) is 0 Å². The van der Waals surface area contributed by atoms with E-state index < -0.39 is 29.5 Å². The number of carbonyl (C=O) groups excluding carboxylic acids is 1. The average Bonchev–Trinajstić information content (AvgIpc) is 2.83. The number of alkyl halides is 3. The van der Waals surface area contributed by atoms with Crippen LogP contribution in [0.5, 0.6) is 0 Å². The van der Waals surface area contributed by atoms with Crippen LogP contribution >= 0.6 is 15.9 Å². The summed E-state index contributed by atoms with van der Waals surface area (Å²) in [5.74, 6) is -1.83. The van der Waals surface area contributed by atoms with Crippen LogP contribution < -0.4 is 5.32 Å². The number of rotatable bonds is 4. The van der Waals surface area contributed by atoms with Gasteiger partial charge >= 0.3 is 6.18 Å². The van der Waals surface area contributed by atoms with Crippen LogP contribution in [-0.4, -0.2) is 15.7 Å². The summed E-state index contributed by atoms with van der Waals surface area (Å²) >= 11 is 3.11.